The molecular formula is C48H48F2N6O8. The summed E-state index contributed by atoms with van der Waals surface area (Å²) in [7, 11) is 0. The summed E-state index contributed by atoms with van der Waals surface area (Å²) in [5.74, 6) is -3.69. The van der Waals surface area contributed by atoms with Crippen LogP contribution in [-0.2, 0) is 9.47 Å². The molecule has 0 saturated carbocycles. The number of carbonyl (C=O) groups excluding carboxylic acids is 2. The minimum atomic E-state index is -1.22. The average Bonchev–Trinajstić information content (AvgIpc) is 3.82. The molecule has 0 atom stereocenters. The van der Waals surface area contributed by atoms with E-state index in [-0.39, 0.29) is 17.2 Å². The van der Waals surface area contributed by atoms with Gasteiger partial charge in [0.25, 0.3) is 0 Å². The Labute approximate surface area is 367 Å². The number of fused-ring (bicyclic) bond motifs is 2. The number of aromatic carboxylic acids is 2. The number of aromatic nitrogens is 4. The zero-order chi connectivity index (χ0) is 46.1. The molecule has 64 heavy (non-hydrogen) atoms. The Kier molecular flexibility index (Phi) is 12.4. The maximum absolute atomic E-state index is 13.7. The first-order valence-corrected chi connectivity index (χ1v) is 20.6. The SMILES string of the molecule is CC(C)(C)OC(=O)N1C=C(c2cn(-c3ccc(F)cc3C(=O)O)c3cnccc23)CCC1.CC(C)(C)OC(=O)N1CCC=C(c2cn(-c3ccc(F)cc3C(=O)O)c3cnccc23)C1. The Morgan fingerprint density at radius 2 is 1.17 bits per heavy atom. The van der Waals surface area contributed by atoms with Crippen molar-refractivity contribution in [3.8, 4) is 11.4 Å². The molecule has 2 N–H and O–H groups in total. The topological polar surface area (TPSA) is 169 Å². The molecule has 14 nitrogen and oxygen atoms in total. The van der Waals surface area contributed by atoms with Crippen LogP contribution in [0.2, 0.25) is 0 Å². The first-order valence-electron chi connectivity index (χ1n) is 20.6. The van der Waals surface area contributed by atoms with Crippen molar-refractivity contribution >= 4 is 57.1 Å². The monoisotopic (exact) mass is 874 g/mol. The molecule has 16 heteroatoms. The van der Waals surface area contributed by atoms with Crippen molar-refractivity contribution in [3.63, 3.8) is 0 Å². The Morgan fingerprint density at radius 3 is 1.67 bits per heavy atom. The first-order chi connectivity index (χ1) is 30.3. The molecule has 0 aliphatic carbocycles. The largest absolute Gasteiger partial charge is 0.478 e. The van der Waals surface area contributed by atoms with Gasteiger partial charge in [-0.3, -0.25) is 14.9 Å². The zero-order valence-electron chi connectivity index (χ0n) is 36.3. The van der Waals surface area contributed by atoms with E-state index in [1.54, 1.807) is 49.9 Å². The highest BCUT2D eigenvalue weighted by Crippen LogP contribution is 2.36. The van der Waals surface area contributed by atoms with Crippen molar-refractivity contribution in [2.45, 2.75) is 72.0 Å². The third-order valence-corrected chi connectivity index (χ3v) is 10.4. The number of hydrogen-bond acceptors (Lipinski definition) is 8. The number of amides is 2. The smallest absolute Gasteiger partial charge is 0.414 e. The van der Waals surface area contributed by atoms with Gasteiger partial charge in [0.2, 0.25) is 0 Å². The normalized spacial score (nSPS) is 14.4. The second kappa shape index (κ2) is 17.8. The number of carboxylic acids is 2. The Morgan fingerprint density at radius 1 is 0.672 bits per heavy atom. The Hall–Kier alpha value is -7.36. The standard InChI is InChI=1S/2C24H24FN3O4/c2*1-24(2,3)32-23(31)27-10-4-5-15(13-27)19-14-28(21-12-26-9-8-17(19)21)20-7-6-16(25)11-18(20)22(29)30/h6-9,11-14H,4-5,10H2,1-3H3,(H,29,30);5-9,11-12,14H,4,10,13H2,1-3H3,(H,29,30). The minimum absolute atomic E-state index is 0.148. The number of allylic oxidation sites excluding steroid dienone is 1. The van der Waals surface area contributed by atoms with E-state index in [0.29, 0.717) is 48.5 Å². The second-order valence-corrected chi connectivity index (χ2v) is 17.4. The third-order valence-electron chi connectivity index (χ3n) is 10.4. The van der Waals surface area contributed by atoms with Crippen LogP contribution in [0.4, 0.5) is 18.4 Å². The number of benzene rings is 2. The molecule has 2 aliphatic rings. The third kappa shape index (κ3) is 9.80. The molecule has 2 amide bonds. The van der Waals surface area contributed by atoms with Crippen LogP contribution in [-0.4, -0.2) is 94.1 Å². The molecule has 0 saturated heterocycles. The summed E-state index contributed by atoms with van der Waals surface area (Å²) < 4.78 is 41.9. The van der Waals surface area contributed by atoms with Crippen molar-refractivity contribution in [2.75, 3.05) is 19.6 Å². The molecular weight excluding hydrogens is 827 g/mol. The molecule has 0 unspecified atom stereocenters. The van der Waals surface area contributed by atoms with E-state index in [4.69, 9.17) is 9.47 Å². The second-order valence-electron chi connectivity index (χ2n) is 17.4. The van der Waals surface area contributed by atoms with Crippen molar-refractivity contribution in [3.05, 3.63) is 132 Å². The molecule has 2 aromatic carbocycles. The maximum Gasteiger partial charge on any atom is 0.414 e. The van der Waals surface area contributed by atoms with Crippen LogP contribution in [0, 0.1) is 11.6 Å². The van der Waals surface area contributed by atoms with Gasteiger partial charge >= 0.3 is 24.1 Å². The highest BCUT2D eigenvalue weighted by atomic mass is 19.1. The van der Waals surface area contributed by atoms with Gasteiger partial charge in [0.1, 0.15) is 22.8 Å². The number of rotatable bonds is 6. The molecule has 0 spiro atoms. The predicted molar refractivity (Wildman–Crippen MR) is 237 cm³/mol. The number of halogens is 2. The van der Waals surface area contributed by atoms with Gasteiger partial charge in [-0.15, -0.1) is 0 Å². The van der Waals surface area contributed by atoms with E-state index in [0.717, 1.165) is 58.0 Å². The van der Waals surface area contributed by atoms with Crippen molar-refractivity contribution in [1.29, 1.82) is 0 Å². The summed E-state index contributed by atoms with van der Waals surface area (Å²) >= 11 is 0. The lowest BCUT2D eigenvalue weighted by Crippen LogP contribution is -2.39. The van der Waals surface area contributed by atoms with E-state index in [1.807, 2.05) is 66.1 Å². The molecule has 8 rings (SSSR count). The van der Waals surface area contributed by atoms with Gasteiger partial charge in [-0.25, -0.2) is 28.0 Å². The summed E-state index contributed by atoms with van der Waals surface area (Å²) in [4.78, 5) is 60.3. The average molecular weight is 875 g/mol. The number of ether oxygens (including phenoxy) is 2. The van der Waals surface area contributed by atoms with E-state index in [9.17, 15) is 38.2 Å². The van der Waals surface area contributed by atoms with Gasteiger partial charge < -0.3 is 33.7 Å². The van der Waals surface area contributed by atoms with E-state index >= 15 is 0 Å². The van der Waals surface area contributed by atoms with Gasteiger partial charge in [0, 0.05) is 72.5 Å². The first kappa shape index (κ1) is 44.7. The van der Waals surface area contributed by atoms with Crippen LogP contribution in [0.15, 0.2) is 98.0 Å². The number of hydrogen-bond donors (Lipinski definition) is 2. The van der Waals surface area contributed by atoms with Gasteiger partial charge in [-0.05, 0) is 120 Å². The lowest BCUT2D eigenvalue weighted by Gasteiger charge is -2.30. The van der Waals surface area contributed by atoms with Crippen LogP contribution >= 0.6 is 0 Å². The van der Waals surface area contributed by atoms with Crippen LogP contribution in [0.1, 0.15) is 92.6 Å². The van der Waals surface area contributed by atoms with Crippen molar-refractivity contribution < 1.29 is 47.6 Å². The molecule has 6 aromatic rings. The van der Waals surface area contributed by atoms with Gasteiger partial charge in [-0.1, -0.05) is 6.08 Å². The van der Waals surface area contributed by atoms with Gasteiger partial charge in [0.15, 0.2) is 0 Å². The fourth-order valence-electron chi connectivity index (χ4n) is 7.68. The Balaban J connectivity index is 0.000000191. The van der Waals surface area contributed by atoms with Crippen LogP contribution in [0.25, 0.3) is 44.3 Å². The van der Waals surface area contributed by atoms with E-state index in [2.05, 4.69) is 16.0 Å². The predicted octanol–water partition coefficient (Wildman–Crippen LogP) is 10.1. The molecule has 0 radical (unpaired) electrons. The van der Waals surface area contributed by atoms with Crippen molar-refractivity contribution in [2.24, 2.45) is 0 Å². The summed E-state index contributed by atoms with van der Waals surface area (Å²) in [5, 5.41) is 20.9. The lowest BCUT2D eigenvalue weighted by molar-refractivity contribution is 0.0271. The molecule has 2 aliphatic heterocycles. The molecule has 4 aromatic heterocycles. The molecule has 0 bridgehead atoms. The minimum Gasteiger partial charge on any atom is -0.478 e. The van der Waals surface area contributed by atoms with Crippen LogP contribution in [0.5, 0.6) is 0 Å². The number of nitrogens with zero attached hydrogens (tertiary/aromatic N) is 6. The van der Waals surface area contributed by atoms with Gasteiger partial charge in [-0.2, -0.15) is 0 Å². The molecule has 0 fully saturated rings. The highest BCUT2D eigenvalue weighted by Gasteiger charge is 2.28. The number of carboxylic acid groups (broad SMARTS) is 2. The van der Waals surface area contributed by atoms with Crippen molar-refractivity contribution in [1.82, 2.24) is 28.9 Å². The summed E-state index contributed by atoms with van der Waals surface area (Å²) in [6.45, 7) is 12.4. The number of pyridine rings is 2. The Bertz CT molecular complexity index is 2870. The number of carbonyl (C=O) groups is 4. The van der Waals surface area contributed by atoms with Crippen LogP contribution < -0.4 is 0 Å². The fraction of sp³-hybridized carbons (Fsp3) is 0.292. The molecule has 6 heterocycles. The highest BCUT2D eigenvalue weighted by molar-refractivity contribution is 5.99. The summed E-state index contributed by atoms with van der Waals surface area (Å²) in [5.41, 5.74) is 4.14. The van der Waals surface area contributed by atoms with E-state index < -0.39 is 40.9 Å². The zero-order valence-corrected chi connectivity index (χ0v) is 36.3. The summed E-state index contributed by atoms with van der Waals surface area (Å²) in [6, 6.07) is 11.0. The van der Waals surface area contributed by atoms with E-state index in [1.165, 1.54) is 24.3 Å². The van der Waals surface area contributed by atoms with Gasteiger partial charge in [0.05, 0.1) is 45.9 Å². The summed E-state index contributed by atoms with van der Waals surface area (Å²) in [6.07, 6.45) is 15.5. The quantitative estimate of drug-likeness (QED) is 0.164. The molecule has 332 valence electrons. The lowest BCUT2D eigenvalue weighted by atomic mass is 9.99. The van der Waals surface area contributed by atoms with Crippen LogP contribution in [0.3, 0.4) is 0 Å². The fourth-order valence-corrected chi connectivity index (χ4v) is 7.68. The maximum atomic E-state index is 13.7.